The van der Waals surface area contributed by atoms with E-state index in [1.807, 2.05) is 4.90 Å². The molecule has 0 aromatic heterocycles. The van der Waals surface area contributed by atoms with Crippen LogP contribution >= 0.6 is 0 Å². The predicted molar refractivity (Wildman–Crippen MR) is 66.6 cm³/mol. The lowest BCUT2D eigenvalue weighted by atomic mass is 9.75. The van der Waals surface area contributed by atoms with Gasteiger partial charge in [0.05, 0.1) is 11.5 Å². The fraction of sp³-hybridized carbons (Fsp3) is 0.923. The summed E-state index contributed by atoms with van der Waals surface area (Å²) in [6.07, 6.45) is 2.35. The number of rotatable bonds is 2. The van der Waals surface area contributed by atoms with Gasteiger partial charge >= 0.3 is 0 Å². The lowest BCUT2D eigenvalue weighted by Crippen LogP contribution is -2.52. The Labute approximate surface area is 103 Å². The second kappa shape index (κ2) is 4.94. The number of aliphatic hydroxyl groups is 1. The van der Waals surface area contributed by atoms with Crippen LogP contribution in [0.4, 0.5) is 0 Å². The van der Waals surface area contributed by atoms with E-state index in [2.05, 4.69) is 19.2 Å². The molecule has 2 aliphatic heterocycles. The highest BCUT2D eigenvalue weighted by atomic mass is 16.3. The van der Waals surface area contributed by atoms with Crippen molar-refractivity contribution in [1.29, 1.82) is 0 Å². The second-order valence-electron chi connectivity index (χ2n) is 5.78. The van der Waals surface area contributed by atoms with Crippen molar-refractivity contribution in [2.24, 2.45) is 11.3 Å². The van der Waals surface area contributed by atoms with Gasteiger partial charge in [-0.15, -0.1) is 0 Å². The Morgan fingerprint density at radius 2 is 2.29 bits per heavy atom. The number of hydrogen-bond acceptors (Lipinski definition) is 3. The number of nitrogens with zero attached hydrogens (tertiary/aromatic N) is 1. The topological polar surface area (TPSA) is 52.6 Å². The maximum absolute atomic E-state index is 12.7. The highest BCUT2D eigenvalue weighted by Gasteiger charge is 2.46. The van der Waals surface area contributed by atoms with E-state index in [-0.39, 0.29) is 17.4 Å². The second-order valence-corrected chi connectivity index (χ2v) is 5.78. The van der Waals surface area contributed by atoms with Gasteiger partial charge in [-0.05, 0) is 31.7 Å². The van der Waals surface area contributed by atoms with Crippen molar-refractivity contribution in [2.75, 3.05) is 26.2 Å². The number of hydrogen-bond donors (Lipinski definition) is 2. The molecule has 1 unspecified atom stereocenters. The minimum absolute atomic E-state index is 0.239. The van der Waals surface area contributed by atoms with Crippen molar-refractivity contribution < 1.29 is 9.90 Å². The first-order valence-corrected chi connectivity index (χ1v) is 6.74. The molecule has 2 fully saturated rings. The summed E-state index contributed by atoms with van der Waals surface area (Å²) < 4.78 is 0. The maximum atomic E-state index is 12.7. The van der Waals surface area contributed by atoms with Crippen molar-refractivity contribution in [3.05, 3.63) is 0 Å². The summed E-state index contributed by atoms with van der Waals surface area (Å²) in [5, 5.41) is 13.0. The molecular formula is C13H24N2O2. The Morgan fingerprint density at radius 3 is 2.82 bits per heavy atom. The first-order valence-electron chi connectivity index (χ1n) is 6.74. The third-order valence-electron chi connectivity index (χ3n) is 4.40. The number of β-amino-alcohol motifs (C(OH)–C–C–N with tert-alkyl or cyclic N) is 1. The first-order chi connectivity index (χ1) is 8.06. The van der Waals surface area contributed by atoms with Crippen LogP contribution in [0.2, 0.25) is 0 Å². The molecule has 0 saturated carbocycles. The molecule has 2 heterocycles. The monoisotopic (exact) mass is 240 g/mol. The van der Waals surface area contributed by atoms with Gasteiger partial charge in [0, 0.05) is 19.6 Å². The zero-order valence-electron chi connectivity index (χ0n) is 10.9. The van der Waals surface area contributed by atoms with Gasteiger partial charge in [0.1, 0.15) is 0 Å². The number of piperidine rings is 1. The Hall–Kier alpha value is -0.610. The molecule has 4 heteroatoms. The number of likely N-dealkylation sites (tertiary alicyclic amines) is 1. The van der Waals surface area contributed by atoms with E-state index in [0.717, 1.165) is 38.9 Å². The smallest absolute Gasteiger partial charge is 0.230 e. The van der Waals surface area contributed by atoms with E-state index in [0.29, 0.717) is 12.5 Å². The van der Waals surface area contributed by atoms with Gasteiger partial charge in [-0.2, -0.15) is 0 Å². The fourth-order valence-electron chi connectivity index (χ4n) is 3.09. The van der Waals surface area contributed by atoms with Crippen LogP contribution in [0.1, 0.15) is 33.1 Å². The summed E-state index contributed by atoms with van der Waals surface area (Å²) in [5.74, 6) is 0.598. The van der Waals surface area contributed by atoms with Crippen LogP contribution in [0.15, 0.2) is 0 Å². The van der Waals surface area contributed by atoms with Gasteiger partial charge in [-0.25, -0.2) is 0 Å². The number of carbonyl (C=O) groups excluding carboxylic acids is 1. The van der Waals surface area contributed by atoms with Crippen LogP contribution < -0.4 is 5.32 Å². The van der Waals surface area contributed by atoms with Gasteiger partial charge in [0.15, 0.2) is 0 Å². The molecule has 2 saturated heterocycles. The zero-order chi connectivity index (χ0) is 12.5. The van der Waals surface area contributed by atoms with E-state index in [1.165, 1.54) is 0 Å². The number of nitrogens with one attached hydrogen (secondary N) is 1. The lowest BCUT2D eigenvalue weighted by molar-refractivity contribution is -0.146. The molecule has 0 bridgehead atoms. The maximum Gasteiger partial charge on any atom is 0.230 e. The Bertz CT molecular complexity index is 285. The number of aliphatic hydroxyl groups excluding tert-OH is 1. The summed E-state index contributed by atoms with van der Waals surface area (Å²) in [4.78, 5) is 14.6. The van der Waals surface area contributed by atoms with Gasteiger partial charge < -0.3 is 15.3 Å². The molecule has 0 aromatic carbocycles. The van der Waals surface area contributed by atoms with Gasteiger partial charge in [0.25, 0.3) is 0 Å². The number of carbonyl (C=O) groups is 1. The average Bonchev–Trinajstić information content (AvgIpc) is 2.78. The quantitative estimate of drug-likeness (QED) is 0.743. The summed E-state index contributed by atoms with van der Waals surface area (Å²) in [5.41, 5.74) is -0.239. The van der Waals surface area contributed by atoms with Crippen LogP contribution in [0.5, 0.6) is 0 Å². The van der Waals surface area contributed by atoms with Crippen LogP contribution in [0.3, 0.4) is 0 Å². The lowest BCUT2D eigenvalue weighted by Gasteiger charge is -2.39. The summed E-state index contributed by atoms with van der Waals surface area (Å²) in [7, 11) is 0. The highest BCUT2D eigenvalue weighted by Crippen LogP contribution is 2.36. The third kappa shape index (κ3) is 2.33. The largest absolute Gasteiger partial charge is 0.391 e. The predicted octanol–water partition coefficient (Wildman–Crippen LogP) is 0.605. The van der Waals surface area contributed by atoms with Gasteiger partial charge in [-0.1, -0.05) is 13.8 Å². The molecule has 0 aliphatic carbocycles. The van der Waals surface area contributed by atoms with E-state index in [1.54, 1.807) is 0 Å². The van der Waals surface area contributed by atoms with Crippen LogP contribution in [-0.4, -0.2) is 48.2 Å². The van der Waals surface area contributed by atoms with Crippen molar-refractivity contribution in [3.63, 3.8) is 0 Å². The molecule has 2 rings (SSSR count). The molecule has 2 aliphatic rings. The molecule has 0 radical (unpaired) electrons. The minimum atomic E-state index is -0.328. The van der Waals surface area contributed by atoms with E-state index >= 15 is 0 Å². The first kappa shape index (κ1) is 12.8. The highest BCUT2D eigenvalue weighted by molar-refractivity contribution is 5.84. The van der Waals surface area contributed by atoms with Crippen molar-refractivity contribution in [1.82, 2.24) is 10.2 Å². The molecule has 17 heavy (non-hydrogen) atoms. The molecule has 4 nitrogen and oxygen atoms in total. The van der Waals surface area contributed by atoms with Crippen molar-refractivity contribution >= 4 is 5.91 Å². The summed E-state index contributed by atoms with van der Waals surface area (Å²) in [6.45, 7) is 7.31. The minimum Gasteiger partial charge on any atom is -0.391 e. The van der Waals surface area contributed by atoms with E-state index in [4.69, 9.17) is 0 Å². The fourth-order valence-corrected chi connectivity index (χ4v) is 3.09. The molecule has 98 valence electrons. The van der Waals surface area contributed by atoms with Gasteiger partial charge in [0.2, 0.25) is 5.91 Å². The standard InChI is InChI=1S/C13H24N2O2/c1-10(2)13(5-6-14-9-13)12(17)15-7-3-4-11(16)8-15/h10-11,14,16H,3-9H2,1-2H3/t11-,13?/m0/s1. The van der Waals surface area contributed by atoms with Gasteiger partial charge in [-0.3, -0.25) is 4.79 Å². The molecular weight excluding hydrogens is 216 g/mol. The van der Waals surface area contributed by atoms with E-state index in [9.17, 15) is 9.90 Å². The molecule has 2 atom stereocenters. The Morgan fingerprint density at radius 1 is 1.53 bits per heavy atom. The third-order valence-corrected chi connectivity index (χ3v) is 4.40. The normalized spacial score (nSPS) is 34.4. The Balaban J connectivity index is 2.11. The van der Waals surface area contributed by atoms with Crippen LogP contribution in [0, 0.1) is 11.3 Å². The summed E-state index contributed by atoms with van der Waals surface area (Å²) >= 11 is 0. The van der Waals surface area contributed by atoms with Crippen molar-refractivity contribution in [3.8, 4) is 0 Å². The summed E-state index contributed by atoms with van der Waals surface area (Å²) in [6, 6.07) is 0. The van der Waals surface area contributed by atoms with E-state index < -0.39 is 0 Å². The molecule has 0 aromatic rings. The number of amides is 1. The van der Waals surface area contributed by atoms with Crippen molar-refractivity contribution in [2.45, 2.75) is 39.2 Å². The molecule has 0 spiro atoms. The SMILES string of the molecule is CC(C)C1(C(=O)N2CCC[C@H](O)C2)CCNC1. The molecule has 1 amide bonds. The zero-order valence-corrected chi connectivity index (χ0v) is 10.9. The molecule has 2 N–H and O–H groups in total. The average molecular weight is 240 g/mol. The van der Waals surface area contributed by atoms with Crippen LogP contribution in [0.25, 0.3) is 0 Å². The van der Waals surface area contributed by atoms with Crippen LogP contribution in [-0.2, 0) is 4.79 Å². The Kier molecular flexibility index (Phi) is 3.73.